The molecule has 2 aromatic heterocycles. The average Bonchev–Trinajstić information content (AvgIpc) is 2.62. The van der Waals surface area contributed by atoms with Crippen molar-refractivity contribution in [1.82, 2.24) is 14.3 Å². The van der Waals surface area contributed by atoms with Gasteiger partial charge in [0.2, 0.25) is 0 Å². The van der Waals surface area contributed by atoms with E-state index in [1.54, 1.807) is 16.7 Å². The van der Waals surface area contributed by atoms with Gasteiger partial charge in [0, 0.05) is 38.3 Å². The lowest BCUT2D eigenvalue weighted by molar-refractivity contribution is -0.188. The first-order chi connectivity index (χ1) is 12.5. The third kappa shape index (κ3) is 3.27. The van der Waals surface area contributed by atoms with Gasteiger partial charge in [-0.25, -0.2) is 4.98 Å². The lowest BCUT2D eigenvalue weighted by Crippen LogP contribution is -2.54. The van der Waals surface area contributed by atoms with Gasteiger partial charge in [0.25, 0.3) is 5.56 Å². The number of fused-ring (bicyclic) bond motifs is 1. The molecule has 0 unspecified atom stereocenters. The topological polar surface area (TPSA) is 87.3 Å². The number of nitrogens with zero attached hydrogens (tertiary/aromatic N) is 3. The summed E-state index contributed by atoms with van der Waals surface area (Å²) in [6, 6.07) is 5.41. The number of rotatable bonds is 2. The molecule has 4 heterocycles. The number of aromatic nitrogens is 2. The summed E-state index contributed by atoms with van der Waals surface area (Å²) in [6.45, 7) is 4.41. The van der Waals surface area contributed by atoms with Gasteiger partial charge in [-0.1, -0.05) is 6.07 Å². The molecule has 2 fully saturated rings. The summed E-state index contributed by atoms with van der Waals surface area (Å²) in [5.41, 5.74) is 2.07. The first-order valence-electron chi connectivity index (χ1n) is 9.16. The smallest absolute Gasteiger partial charge is 0.258 e. The third-order valence-electron chi connectivity index (χ3n) is 5.68. The molecule has 2 aromatic rings. The van der Waals surface area contributed by atoms with Gasteiger partial charge in [0.1, 0.15) is 11.8 Å². The molecule has 2 saturated heterocycles. The third-order valence-corrected chi connectivity index (χ3v) is 5.68. The quantitative estimate of drug-likeness (QED) is 0.811. The van der Waals surface area contributed by atoms with E-state index in [0.717, 1.165) is 37.2 Å². The van der Waals surface area contributed by atoms with Crippen LogP contribution in [-0.4, -0.2) is 62.0 Å². The summed E-state index contributed by atoms with van der Waals surface area (Å²) in [5.74, 6) is 0. The highest BCUT2D eigenvalue weighted by Crippen LogP contribution is 2.35. The maximum atomic E-state index is 12.3. The molecule has 2 atom stereocenters. The summed E-state index contributed by atoms with van der Waals surface area (Å²) >= 11 is 0. The number of piperidine rings is 1. The molecule has 140 valence electrons. The molecule has 0 aliphatic carbocycles. The molecule has 7 heteroatoms. The highest BCUT2D eigenvalue weighted by Gasteiger charge is 2.42. The Morgan fingerprint density at radius 3 is 2.81 bits per heavy atom. The molecule has 0 saturated carbocycles. The first kappa shape index (κ1) is 17.6. The Balaban J connectivity index is 1.46. The molecule has 0 bridgehead atoms. The first-order valence-corrected chi connectivity index (χ1v) is 9.16. The van der Waals surface area contributed by atoms with Crippen LogP contribution in [0.3, 0.4) is 0 Å². The number of hydrogen-bond donors (Lipinski definition) is 2. The number of aliphatic hydroxyl groups is 2. The Morgan fingerprint density at radius 2 is 2.08 bits per heavy atom. The Labute approximate surface area is 151 Å². The van der Waals surface area contributed by atoms with Gasteiger partial charge in [-0.3, -0.25) is 14.1 Å². The van der Waals surface area contributed by atoms with Gasteiger partial charge in [0.05, 0.1) is 24.0 Å². The van der Waals surface area contributed by atoms with Crippen molar-refractivity contribution >= 4 is 5.65 Å². The highest BCUT2D eigenvalue weighted by molar-refractivity contribution is 5.46. The molecule has 0 radical (unpaired) electrons. The van der Waals surface area contributed by atoms with Gasteiger partial charge in [-0.05, 0) is 31.4 Å². The number of hydrogen-bond acceptors (Lipinski definition) is 6. The maximum absolute atomic E-state index is 12.3. The van der Waals surface area contributed by atoms with Crippen molar-refractivity contribution in [2.75, 3.05) is 19.7 Å². The van der Waals surface area contributed by atoms with Crippen molar-refractivity contribution < 1.29 is 14.9 Å². The van der Waals surface area contributed by atoms with Crippen molar-refractivity contribution in [1.29, 1.82) is 0 Å². The fraction of sp³-hybridized carbons (Fsp3) is 0.579. The van der Waals surface area contributed by atoms with Crippen molar-refractivity contribution in [3.8, 4) is 0 Å². The van der Waals surface area contributed by atoms with Crippen LogP contribution in [0.25, 0.3) is 5.65 Å². The molecule has 2 aliphatic rings. The van der Waals surface area contributed by atoms with E-state index in [9.17, 15) is 15.0 Å². The van der Waals surface area contributed by atoms with E-state index in [-0.39, 0.29) is 17.8 Å². The minimum atomic E-state index is -0.781. The minimum Gasteiger partial charge on any atom is -0.390 e. The monoisotopic (exact) mass is 359 g/mol. The summed E-state index contributed by atoms with van der Waals surface area (Å²) in [5, 5.41) is 19.6. The van der Waals surface area contributed by atoms with Crippen molar-refractivity contribution in [3.05, 3.63) is 46.0 Å². The van der Waals surface area contributed by atoms with Gasteiger partial charge < -0.3 is 14.9 Å². The van der Waals surface area contributed by atoms with E-state index in [4.69, 9.17) is 4.74 Å². The molecule has 0 amide bonds. The second kappa shape index (κ2) is 6.74. The molecule has 1 spiro atoms. The number of likely N-dealkylation sites (tertiary alicyclic amines) is 1. The standard InChI is InChI=1S/C19H25N3O4/c1-13-3-2-6-22-17(25)9-14(20-18(13)22)11-21-7-4-19(5-8-21)10-15(23)16(24)12-26-19/h2-3,6,9,15-16,23-24H,4-5,7-8,10-12H2,1H3/t15-,16+/m1/s1. The van der Waals surface area contributed by atoms with Crippen LogP contribution < -0.4 is 5.56 Å². The van der Waals surface area contributed by atoms with Crippen molar-refractivity contribution in [2.24, 2.45) is 0 Å². The van der Waals surface area contributed by atoms with E-state index in [1.807, 2.05) is 19.1 Å². The molecule has 7 nitrogen and oxygen atoms in total. The van der Waals surface area contributed by atoms with Crippen LogP contribution in [0.4, 0.5) is 0 Å². The van der Waals surface area contributed by atoms with Gasteiger partial charge in [0.15, 0.2) is 0 Å². The Hall–Kier alpha value is -1.80. The molecule has 2 N–H and O–H groups in total. The summed E-state index contributed by atoms with van der Waals surface area (Å²) in [6.07, 6.45) is 2.35. The number of aryl methyl sites for hydroxylation is 1. The van der Waals surface area contributed by atoms with E-state index >= 15 is 0 Å². The predicted octanol–water partition coefficient (Wildman–Crippen LogP) is 0.480. The number of pyridine rings is 1. The zero-order chi connectivity index (χ0) is 18.3. The van der Waals surface area contributed by atoms with Crippen LogP contribution in [-0.2, 0) is 11.3 Å². The molecular weight excluding hydrogens is 334 g/mol. The Bertz CT molecular complexity index is 857. The van der Waals surface area contributed by atoms with Crippen LogP contribution in [0.5, 0.6) is 0 Å². The number of aliphatic hydroxyl groups excluding tert-OH is 2. The maximum Gasteiger partial charge on any atom is 0.258 e. The summed E-state index contributed by atoms with van der Waals surface area (Å²) < 4.78 is 7.45. The molecule has 0 aromatic carbocycles. The van der Waals surface area contributed by atoms with Crippen LogP contribution in [0.1, 0.15) is 30.5 Å². The molecule has 4 rings (SSSR count). The molecular formula is C19H25N3O4. The fourth-order valence-electron chi connectivity index (χ4n) is 4.04. The van der Waals surface area contributed by atoms with Crippen LogP contribution in [0.2, 0.25) is 0 Å². The van der Waals surface area contributed by atoms with E-state index in [0.29, 0.717) is 18.6 Å². The lowest BCUT2D eigenvalue weighted by atomic mass is 9.82. The molecule has 2 aliphatic heterocycles. The van der Waals surface area contributed by atoms with E-state index < -0.39 is 12.2 Å². The van der Waals surface area contributed by atoms with Crippen molar-refractivity contribution in [3.63, 3.8) is 0 Å². The molecule has 26 heavy (non-hydrogen) atoms. The zero-order valence-electron chi connectivity index (χ0n) is 15.0. The van der Waals surface area contributed by atoms with Crippen LogP contribution in [0.15, 0.2) is 29.2 Å². The average molecular weight is 359 g/mol. The SMILES string of the molecule is Cc1cccn2c(=O)cc(CN3CCC4(CC3)C[C@@H](O)[C@@H](O)CO4)nc12. The van der Waals surface area contributed by atoms with E-state index in [2.05, 4.69) is 9.88 Å². The van der Waals surface area contributed by atoms with Crippen molar-refractivity contribution in [2.45, 2.75) is 50.5 Å². The highest BCUT2D eigenvalue weighted by atomic mass is 16.5. The summed E-state index contributed by atoms with van der Waals surface area (Å²) in [7, 11) is 0. The van der Waals surface area contributed by atoms with Crippen LogP contribution in [0, 0.1) is 6.92 Å². The number of ether oxygens (including phenoxy) is 1. The van der Waals surface area contributed by atoms with E-state index in [1.165, 1.54) is 0 Å². The largest absolute Gasteiger partial charge is 0.390 e. The second-order valence-electron chi connectivity index (χ2n) is 7.58. The second-order valence-corrected chi connectivity index (χ2v) is 7.58. The van der Waals surface area contributed by atoms with Crippen LogP contribution >= 0.6 is 0 Å². The predicted molar refractivity (Wildman–Crippen MR) is 96.0 cm³/mol. The fourth-order valence-corrected chi connectivity index (χ4v) is 4.04. The lowest BCUT2D eigenvalue weighted by Gasteiger charge is -2.46. The Morgan fingerprint density at radius 1 is 1.31 bits per heavy atom. The minimum absolute atomic E-state index is 0.0603. The van der Waals surface area contributed by atoms with Gasteiger partial charge in [-0.15, -0.1) is 0 Å². The Kier molecular flexibility index (Phi) is 4.56. The summed E-state index contributed by atoms with van der Waals surface area (Å²) in [4.78, 5) is 19.3. The normalized spacial score (nSPS) is 26.4. The van der Waals surface area contributed by atoms with Gasteiger partial charge >= 0.3 is 0 Å². The van der Waals surface area contributed by atoms with Gasteiger partial charge in [-0.2, -0.15) is 0 Å². The zero-order valence-corrected chi connectivity index (χ0v) is 15.0.